The number of halogens is 1. The Labute approximate surface area is 97.9 Å². The molecule has 0 bridgehead atoms. The van der Waals surface area contributed by atoms with Gasteiger partial charge in [-0.1, -0.05) is 36.7 Å². The van der Waals surface area contributed by atoms with Gasteiger partial charge < -0.3 is 4.74 Å². The summed E-state index contributed by atoms with van der Waals surface area (Å²) in [5.41, 5.74) is 0.685. The normalized spacial score (nSPS) is 21.0. The van der Waals surface area contributed by atoms with Gasteiger partial charge >= 0.3 is 5.97 Å². The lowest BCUT2D eigenvalue weighted by Crippen LogP contribution is -2.21. The molecule has 0 amide bonds. The van der Waals surface area contributed by atoms with Gasteiger partial charge in [-0.3, -0.25) is 0 Å². The zero-order valence-electron chi connectivity index (χ0n) is 9.37. The minimum absolute atomic E-state index is 0.121. The van der Waals surface area contributed by atoms with Gasteiger partial charge in [0.2, 0.25) is 6.04 Å². The number of azo groups is 1. The molecule has 0 aromatic heterocycles. The van der Waals surface area contributed by atoms with Crippen LogP contribution < -0.4 is 0 Å². The topological polar surface area (TPSA) is 51.0 Å². The number of hydrogen-bond acceptors (Lipinski definition) is 4. The maximum Gasteiger partial charge on any atom is 0.338 e. The van der Waals surface area contributed by atoms with Crippen LogP contribution in [0.2, 0.25) is 0 Å². The molecule has 15 heavy (non-hydrogen) atoms. The number of hydrogen-bond donors (Lipinski definition) is 0. The van der Waals surface area contributed by atoms with Crippen molar-refractivity contribution in [3.05, 3.63) is 10.2 Å². The van der Waals surface area contributed by atoms with Gasteiger partial charge in [-0.15, -0.1) is 0 Å². The van der Waals surface area contributed by atoms with Crippen LogP contribution in [0.15, 0.2) is 20.4 Å². The molecule has 4 nitrogen and oxygen atoms in total. The van der Waals surface area contributed by atoms with Crippen LogP contribution in [0.1, 0.15) is 27.7 Å². The number of nitrogens with zero attached hydrogens (tertiary/aromatic N) is 2. The first-order valence-electron chi connectivity index (χ1n) is 4.85. The van der Waals surface area contributed by atoms with Gasteiger partial charge in [-0.05, 0) is 6.92 Å². The number of ether oxygens (including phenoxy) is 1. The van der Waals surface area contributed by atoms with Crippen molar-refractivity contribution in [3.8, 4) is 0 Å². The molecule has 84 valence electrons. The van der Waals surface area contributed by atoms with Crippen molar-refractivity contribution in [2.75, 3.05) is 6.61 Å². The third kappa shape index (κ3) is 2.65. The second-order valence-corrected chi connectivity index (χ2v) is 5.17. The van der Waals surface area contributed by atoms with E-state index in [1.807, 2.05) is 20.8 Å². The highest BCUT2D eigenvalue weighted by Crippen LogP contribution is 2.38. The summed E-state index contributed by atoms with van der Waals surface area (Å²) >= 11 is 3.37. The Morgan fingerprint density at radius 2 is 2.13 bits per heavy atom. The van der Waals surface area contributed by atoms with Crippen LogP contribution in [-0.4, -0.2) is 18.6 Å². The van der Waals surface area contributed by atoms with E-state index in [2.05, 4.69) is 26.2 Å². The van der Waals surface area contributed by atoms with Crippen LogP contribution in [0.3, 0.4) is 0 Å². The van der Waals surface area contributed by atoms with Gasteiger partial charge in [-0.2, -0.15) is 10.2 Å². The first-order chi connectivity index (χ1) is 6.88. The molecule has 0 N–H and O–H groups in total. The Morgan fingerprint density at radius 1 is 1.53 bits per heavy atom. The van der Waals surface area contributed by atoms with Crippen LogP contribution in [0, 0.1) is 5.41 Å². The number of allylic oxidation sites excluding steroid dienone is 1. The fourth-order valence-electron chi connectivity index (χ4n) is 1.22. The van der Waals surface area contributed by atoms with Crippen molar-refractivity contribution in [1.29, 1.82) is 0 Å². The summed E-state index contributed by atoms with van der Waals surface area (Å²) < 4.78 is 5.62. The molecule has 1 atom stereocenters. The monoisotopic (exact) mass is 274 g/mol. The number of rotatable bonds is 2. The highest BCUT2D eigenvalue weighted by molar-refractivity contribution is 9.11. The van der Waals surface area contributed by atoms with Gasteiger partial charge in [0.25, 0.3) is 0 Å². The smallest absolute Gasteiger partial charge is 0.338 e. The molecule has 0 saturated heterocycles. The molecule has 1 aliphatic rings. The third-order valence-corrected chi connectivity index (χ3v) is 2.77. The summed E-state index contributed by atoms with van der Waals surface area (Å²) in [4.78, 5) is 11.5. The van der Waals surface area contributed by atoms with Crippen LogP contribution in [0.25, 0.3) is 0 Å². The molecule has 0 radical (unpaired) electrons. The minimum Gasteiger partial charge on any atom is -0.464 e. The molecule has 0 saturated carbocycles. The summed E-state index contributed by atoms with van der Waals surface area (Å²) in [5, 5.41) is 7.94. The fourth-order valence-corrected chi connectivity index (χ4v) is 2.18. The zero-order valence-corrected chi connectivity index (χ0v) is 11.0. The highest BCUT2D eigenvalue weighted by Gasteiger charge is 2.34. The Balaban J connectivity index is 2.89. The highest BCUT2D eigenvalue weighted by atomic mass is 79.9. The molecule has 0 aromatic rings. The maximum absolute atomic E-state index is 11.5. The SMILES string of the molecule is CCOC(=O)[C@H]1N=NC(C(C)(C)C)=C1Br. The lowest BCUT2D eigenvalue weighted by molar-refractivity contribution is -0.143. The van der Waals surface area contributed by atoms with E-state index in [0.29, 0.717) is 11.1 Å². The Morgan fingerprint density at radius 3 is 2.53 bits per heavy atom. The standard InChI is InChI=1S/C10H15BrN2O2/c1-5-15-9(14)7-6(11)8(13-12-7)10(2,3)4/h7H,5H2,1-4H3/t7-/m0/s1. The predicted molar refractivity (Wildman–Crippen MR) is 60.7 cm³/mol. The van der Waals surface area contributed by atoms with Crippen LogP contribution in [0.4, 0.5) is 0 Å². The summed E-state index contributed by atoms with van der Waals surface area (Å²) in [6, 6.07) is -0.612. The van der Waals surface area contributed by atoms with Crippen molar-refractivity contribution in [1.82, 2.24) is 0 Å². The predicted octanol–water partition coefficient (Wildman–Crippen LogP) is 3.04. The quantitative estimate of drug-likeness (QED) is 0.727. The first kappa shape index (κ1) is 12.4. The Kier molecular flexibility index (Phi) is 3.65. The first-order valence-corrected chi connectivity index (χ1v) is 5.65. The molecule has 5 heteroatoms. The summed E-state index contributed by atoms with van der Waals surface area (Å²) in [6.07, 6.45) is 0. The second-order valence-electron chi connectivity index (χ2n) is 4.32. The Hall–Kier alpha value is -0.710. The zero-order chi connectivity index (χ0) is 11.6. The summed E-state index contributed by atoms with van der Waals surface area (Å²) in [6.45, 7) is 8.20. The molecule has 0 aliphatic carbocycles. The van der Waals surface area contributed by atoms with Crippen LogP contribution in [0.5, 0.6) is 0 Å². The van der Waals surface area contributed by atoms with Crippen molar-refractivity contribution in [2.24, 2.45) is 15.6 Å². The van der Waals surface area contributed by atoms with Gasteiger partial charge in [0, 0.05) is 5.41 Å². The van der Waals surface area contributed by atoms with E-state index in [0.717, 1.165) is 5.70 Å². The van der Waals surface area contributed by atoms with Crippen LogP contribution >= 0.6 is 15.9 Å². The molecule has 0 unspecified atom stereocenters. The fraction of sp³-hybridized carbons (Fsp3) is 0.700. The van der Waals surface area contributed by atoms with E-state index in [4.69, 9.17) is 4.74 Å². The Bertz CT molecular complexity index is 329. The molecule has 0 fully saturated rings. The second kappa shape index (κ2) is 4.43. The van der Waals surface area contributed by atoms with Crippen molar-refractivity contribution >= 4 is 21.9 Å². The van der Waals surface area contributed by atoms with Gasteiger partial charge in [-0.25, -0.2) is 4.79 Å². The van der Waals surface area contributed by atoms with E-state index in [1.165, 1.54) is 0 Å². The largest absolute Gasteiger partial charge is 0.464 e. The average molecular weight is 275 g/mol. The molecule has 1 heterocycles. The molecular weight excluding hydrogens is 260 g/mol. The molecule has 0 aromatic carbocycles. The van der Waals surface area contributed by atoms with E-state index in [-0.39, 0.29) is 11.4 Å². The lowest BCUT2D eigenvalue weighted by atomic mass is 9.91. The van der Waals surface area contributed by atoms with Gasteiger partial charge in [0.15, 0.2) is 0 Å². The number of carbonyl (C=O) groups is 1. The van der Waals surface area contributed by atoms with Crippen molar-refractivity contribution in [3.63, 3.8) is 0 Å². The van der Waals surface area contributed by atoms with E-state index >= 15 is 0 Å². The molecule has 0 spiro atoms. The summed E-state index contributed by atoms with van der Waals surface area (Å²) in [5.74, 6) is -0.354. The molecular formula is C10H15BrN2O2. The van der Waals surface area contributed by atoms with Gasteiger partial charge in [0.05, 0.1) is 16.8 Å². The van der Waals surface area contributed by atoms with E-state index in [1.54, 1.807) is 6.92 Å². The van der Waals surface area contributed by atoms with Crippen molar-refractivity contribution < 1.29 is 9.53 Å². The average Bonchev–Trinajstić information content (AvgIpc) is 2.46. The maximum atomic E-state index is 11.5. The van der Waals surface area contributed by atoms with Crippen LogP contribution in [-0.2, 0) is 9.53 Å². The summed E-state index contributed by atoms with van der Waals surface area (Å²) in [7, 11) is 0. The lowest BCUT2D eigenvalue weighted by Gasteiger charge is -2.17. The third-order valence-electron chi connectivity index (χ3n) is 1.96. The van der Waals surface area contributed by atoms with Crippen molar-refractivity contribution in [2.45, 2.75) is 33.7 Å². The molecule has 1 aliphatic heterocycles. The number of carbonyl (C=O) groups excluding carboxylic acids is 1. The molecule has 1 rings (SSSR count). The number of esters is 1. The minimum atomic E-state index is -0.612. The van der Waals surface area contributed by atoms with Gasteiger partial charge in [0.1, 0.15) is 0 Å². The van der Waals surface area contributed by atoms with E-state index < -0.39 is 6.04 Å². The van der Waals surface area contributed by atoms with E-state index in [9.17, 15) is 4.79 Å².